The number of nitrogens with zero attached hydrogens (tertiary/aromatic N) is 4. The van der Waals surface area contributed by atoms with Crippen LogP contribution in [-0.2, 0) is 19.9 Å². The molecule has 0 atom stereocenters. The SMILES string of the molecule is CCc1c(C)cc(-c2nc(CC3CCN(C)CC3)no2)c(=O)n1C. The lowest BCUT2D eigenvalue weighted by Crippen LogP contribution is -2.31. The normalized spacial score (nSPS) is 16.7. The summed E-state index contributed by atoms with van der Waals surface area (Å²) in [5, 5.41) is 4.10. The lowest BCUT2D eigenvalue weighted by atomic mass is 9.94. The van der Waals surface area contributed by atoms with Gasteiger partial charge in [0.2, 0.25) is 0 Å². The smallest absolute Gasteiger partial charge is 0.263 e. The monoisotopic (exact) mass is 330 g/mol. The lowest BCUT2D eigenvalue weighted by Gasteiger charge is -2.27. The minimum absolute atomic E-state index is 0.0769. The first-order valence-corrected chi connectivity index (χ1v) is 8.70. The van der Waals surface area contributed by atoms with E-state index in [1.54, 1.807) is 11.6 Å². The van der Waals surface area contributed by atoms with Gasteiger partial charge in [0.15, 0.2) is 5.82 Å². The Bertz CT molecular complexity index is 770. The van der Waals surface area contributed by atoms with E-state index in [0.29, 0.717) is 23.2 Å². The second kappa shape index (κ2) is 6.89. The first-order chi connectivity index (χ1) is 11.5. The first kappa shape index (κ1) is 16.9. The molecule has 6 heteroatoms. The van der Waals surface area contributed by atoms with Crippen molar-refractivity contribution in [1.29, 1.82) is 0 Å². The molecule has 0 N–H and O–H groups in total. The summed E-state index contributed by atoms with van der Waals surface area (Å²) >= 11 is 0. The molecule has 3 heterocycles. The average Bonchev–Trinajstić information content (AvgIpc) is 3.02. The van der Waals surface area contributed by atoms with Crippen molar-refractivity contribution in [3.8, 4) is 11.5 Å². The zero-order chi connectivity index (χ0) is 17.3. The molecule has 1 fully saturated rings. The third kappa shape index (κ3) is 3.29. The maximum absolute atomic E-state index is 12.6. The molecule has 24 heavy (non-hydrogen) atoms. The summed E-state index contributed by atoms with van der Waals surface area (Å²) < 4.78 is 7.08. The maximum atomic E-state index is 12.6. The van der Waals surface area contributed by atoms with Gasteiger partial charge in [-0.15, -0.1) is 0 Å². The van der Waals surface area contributed by atoms with E-state index in [2.05, 4.69) is 22.1 Å². The number of aryl methyl sites for hydroxylation is 1. The van der Waals surface area contributed by atoms with Crippen LogP contribution < -0.4 is 5.56 Å². The van der Waals surface area contributed by atoms with Gasteiger partial charge in [0.25, 0.3) is 11.4 Å². The molecule has 0 saturated carbocycles. The summed E-state index contributed by atoms with van der Waals surface area (Å²) in [6.07, 6.45) is 3.96. The van der Waals surface area contributed by atoms with E-state index in [4.69, 9.17) is 4.52 Å². The Morgan fingerprint density at radius 1 is 1.29 bits per heavy atom. The van der Waals surface area contributed by atoms with E-state index in [9.17, 15) is 4.79 Å². The van der Waals surface area contributed by atoms with E-state index in [1.165, 1.54) is 0 Å². The number of aromatic nitrogens is 3. The molecule has 0 bridgehead atoms. The first-order valence-electron chi connectivity index (χ1n) is 8.70. The molecule has 1 saturated heterocycles. The van der Waals surface area contributed by atoms with Gasteiger partial charge in [0.05, 0.1) is 0 Å². The number of hydrogen-bond acceptors (Lipinski definition) is 5. The topological polar surface area (TPSA) is 64.2 Å². The van der Waals surface area contributed by atoms with Gasteiger partial charge in [-0.05, 0) is 63.9 Å². The fourth-order valence-corrected chi connectivity index (χ4v) is 3.57. The molecule has 2 aromatic heterocycles. The van der Waals surface area contributed by atoms with Gasteiger partial charge in [-0.2, -0.15) is 4.98 Å². The fraction of sp³-hybridized carbons (Fsp3) is 0.611. The highest BCUT2D eigenvalue weighted by Crippen LogP contribution is 2.22. The van der Waals surface area contributed by atoms with Crippen molar-refractivity contribution in [2.75, 3.05) is 20.1 Å². The van der Waals surface area contributed by atoms with Crippen molar-refractivity contribution < 1.29 is 4.52 Å². The molecule has 1 aliphatic rings. The predicted octanol–water partition coefficient (Wildman–Crippen LogP) is 2.19. The van der Waals surface area contributed by atoms with E-state index in [1.807, 2.05) is 19.9 Å². The Kier molecular flexibility index (Phi) is 4.85. The van der Waals surface area contributed by atoms with E-state index < -0.39 is 0 Å². The highest BCUT2D eigenvalue weighted by atomic mass is 16.5. The minimum Gasteiger partial charge on any atom is -0.334 e. The van der Waals surface area contributed by atoms with Crippen LogP contribution in [0.15, 0.2) is 15.4 Å². The highest BCUT2D eigenvalue weighted by molar-refractivity contribution is 5.53. The van der Waals surface area contributed by atoms with Gasteiger partial charge >= 0.3 is 0 Å². The molecule has 0 amide bonds. The number of hydrogen-bond donors (Lipinski definition) is 0. The predicted molar refractivity (Wildman–Crippen MR) is 93.0 cm³/mol. The van der Waals surface area contributed by atoms with E-state index in [-0.39, 0.29) is 5.56 Å². The van der Waals surface area contributed by atoms with Gasteiger partial charge < -0.3 is 14.0 Å². The Morgan fingerprint density at radius 2 is 2.00 bits per heavy atom. The third-order valence-electron chi connectivity index (χ3n) is 5.10. The number of rotatable bonds is 4. The molecule has 0 spiro atoms. The molecule has 0 aliphatic carbocycles. The third-order valence-corrected chi connectivity index (χ3v) is 5.10. The van der Waals surface area contributed by atoms with Gasteiger partial charge in [-0.1, -0.05) is 12.1 Å². The van der Waals surface area contributed by atoms with Crippen molar-refractivity contribution >= 4 is 0 Å². The number of piperidine rings is 1. The molecule has 6 nitrogen and oxygen atoms in total. The molecular weight excluding hydrogens is 304 g/mol. The van der Waals surface area contributed by atoms with Crippen molar-refractivity contribution in [3.05, 3.63) is 33.5 Å². The summed E-state index contributed by atoms with van der Waals surface area (Å²) in [7, 11) is 3.95. The quantitative estimate of drug-likeness (QED) is 0.860. The summed E-state index contributed by atoms with van der Waals surface area (Å²) in [5.41, 5.74) is 2.53. The number of likely N-dealkylation sites (tertiary alicyclic amines) is 1. The van der Waals surface area contributed by atoms with E-state index in [0.717, 1.165) is 50.0 Å². The Morgan fingerprint density at radius 3 is 2.67 bits per heavy atom. The Balaban J connectivity index is 1.82. The second-order valence-electron chi connectivity index (χ2n) is 6.87. The van der Waals surface area contributed by atoms with Gasteiger partial charge in [0.1, 0.15) is 5.56 Å². The summed E-state index contributed by atoms with van der Waals surface area (Å²) in [6, 6.07) is 1.87. The van der Waals surface area contributed by atoms with Crippen LogP contribution in [0.3, 0.4) is 0 Å². The molecule has 1 aliphatic heterocycles. The van der Waals surface area contributed by atoms with Gasteiger partial charge in [0, 0.05) is 19.2 Å². The van der Waals surface area contributed by atoms with Crippen LogP contribution in [0.25, 0.3) is 11.5 Å². The van der Waals surface area contributed by atoms with E-state index >= 15 is 0 Å². The van der Waals surface area contributed by atoms with Crippen LogP contribution in [-0.4, -0.2) is 39.7 Å². The molecule has 0 aromatic carbocycles. The van der Waals surface area contributed by atoms with Crippen molar-refractivity contribution in [1.82, 2.24) is 19.6 Å². The second-order valence-corrected chi connectivity index (χ2v) is 6.87. The average molecular weight is 330 g/mol. The van der Waals surface area contributed by atoms with Crippen LogP contribution >= 0.6 is 0 Å². The van der Waals surface area contributed by atoms with Crippen LogP contribution in [0.1, 0.15) is 36.8 Å². The van der Waals surface area contributed by atoms with Crippen LogP contribution in [0.4, 0.5) is 0 Å². The Hall–Kier alpha value is -1.95. The molecule has 0 unspecified atom stereocenters. The lowest BCUT2D eigenvalue weighted by molar-refractivity contribution is 0.216. The minimum atomic E-state index is -0.0769. The fourth-order valence-electron chi connectivity index (χ4n) is 3.57. The zero-order valence-electron chi connectivity index (χ0n) is 15.0. The van der Waals surface area contributed by atoms with Crippen molar-refractivity contribution in [2.24, 2.45) is 13.0 Å². The summed E-state index contributed by atoms with van der Waals surface area (Å²) in [5.74, 6) is 1.64. The van der Waals surface area contributed by atoms with Crippen LogP contribution in [0, 0.1) is 12.8 Å². The highest BCUT2D eigenvalue weighted by Gasteiger charge is 2.21. The molecule has 2 aromatic rings. The van der Waals surface area contributed by atoms with Crippen LogP contribution in [0.5, 0.6) is 0 Å². The van der Waals surface area contributed by atoms with Crippen molar-refractivity contribution in [2.45, 2.75) is 39.5 Å². The maximum Gasteiger partial charge on any atom is 0.263 e. The zero-order valence-corrected chi connectivity index (χ0v) is 15.0. The Labute approximate surface area is 142 Å². The summed E-state index contributed by atoms with van der Waals surface area (Å²) in [4.78, 5) is 19.4. The standard InChI is InChI=1S/C18H26N4O2/c1-5-15-12(2)10-14(18(23)22(15)4)17-19-16(20-24-17)11-13-6-8-21(3)9-7-13/h10,13H,5-9,11H2,1-4H3. The molecule has 3 rings (SSSR count). The summed E-state index contributed by atoms with van der Waals surface area (Å²) in [6.45, 7) is 6.30. The number of pyridine rings is 1. The molecule has 0 radical (unpaired) electrons. The van der Waals surface area contributed by atoms with Crippen molar-refractivity contribution in [3.63, 3.8) is 0 Å². The van der Waals surface area contributed by atoms with Gasteiger partial charge in [-0.25, -0.2) is 0 Å². The largest absolute Gasteiger partial charge is 0.334 e. The molecule has 130 valence electrons. The van der Waals surface area contributed by atoms with Crippen LogP contribution in [0.2, 0.25) is 0 Å². The molecular formula is C18H26N4O2. The van der Waals surface area contributed by atoms with Gasteiger partial charge in [-0.3, -0.25) is 4.79 Å².